The molecule has 49 heavy (non-hydrogen) atoms. The van der Waals surface area contributed by atoms with Crippen LogP contribution in [0.5, 0.6) is 0 Å². The van der Waals surface area contributed by atoms with Crippen LogP contribution in [0.15, 0.2) is 138 Å². The zero-order valence-electron chi connectivity index (χ0n) is 26.0. The van der Waals surface area contributed by atoms with Gasteiger partial charge in [0.2, 0.25) is 0 Å². The van der Waals surface area contributed by atoms with Gasteiger partial charge < -0.3 is 9.73 Å². The molecule has 7 heteroatoms. The minimum absolute atomic E-state index is 0.480. The molecule has 5 heterocycles. The molecule has 8 aromatic rings. The van der Waals surface area contributed by atoms with Crippen LogP contribution in [0, 0.1) is 22.7 Å². The molecule has 0 saturated heterocycles. The summed E-state index contributed by atoms with van der Waals surface area (Å²) in [6.45, 7) is 0.499. The Morgan fingerprint density at radius 2 is 1.27 bits per heavy atom. The summed E-state index contributed by atoms with van der Waals surface area (Å²) >= 11 is 0. The third-order valence-corrected chi connectivity index (χ3v) is 9.01. The van der Waals surface area contributed by atoms with Crippen molar-refractivity contribution in [1.29, 1.82) is 10.5 Å². The summed E-state index contributed by atoms with van der Waals surface area (Å²) in [7, 11) is 0. The smallest absolute Gasteiger partial charge is 0.136 e. The van der Waals surface area contributed by atoms with E-state index >= 15 is 0 Å². The van der Waals surface area contributed by atoms with E-state index in [-0.39, 0.29) is 0 Å². The number of rotatable bonds is 4. The lowest BCUT2D eigenvalue weighted by Crippen LogP contribution is -2.14. The molecule has 0 aliphatic carbocycles. The van der Waals surface area contributed by atoms with Crippen molar-refractivity contribution in [1.82, 2.24) is 20.3 Å². The lowest BCUT2D eigenvalue weighted by molar-refractivity contribution is 0.669. The maximum Gasteiger partial charge on any atom is 0.136 e. The van der Waals surface area contributed by atoms with Crippen molar-refractivity contribution in [3.05, 3.63) is 145 Å². The summed E-state index contributed by atoms with van der Waals surface area (Å²) in [5.74, 6) is 0. The van der Waals surface area contributed by atoms with Crippen LogP contribution in [0.1, 0.15) is 11.3 Å². The highest BCUT2D eigenvalue weighted by molar-refractivity contribution is 6.24. The van der Waals surface area contributed by atoms with E-state index in [4.69, 9.17) is 14.4 Å². The van der Waals surface area contributed by atoms with Crippen LogP contribution in [0.3, 0.4) is 0 Å². The first-order chi connectivity index (χ1) is 24.2. The molecule has 0 radical (unpaired) electrons. The number of allylic oxidation sites excluding steroid dienone is 2. The van der Waals surface area contributed by atoms with Crippen LogP contribution < -0.4 is 5.32 Å². The number of hydrogen-bond donors (Lipinski definition) is 1. The lowest BCUT2D eigenvalue weighted by Gasteiger charge is -2.18. The molecule has 1 aliphatic heterocycles. The van der Waals surface area contributed by atoms with E-state index in [0.29, 0.717) is 17.7 Å². The van der Waals surface area contributed by atoms with E-state index in [1.165, 1.54) is 0 Å². The van der Waals surface area contributed by atoms with Gasteiger partial charge in [0.1, 0.15) is 17.2 Å². The van der Waals surface area contributed by atoms with Gasteiger partial charge in [0.05, 0.1) is 34.4 Å². The SMILES string of the molecule is N#CC1=CC(c2cccc(-c3c4ccccc4c(-c4cccc(-c5cncc(C#N)c5)n4)c4cc5c(cc34)oc3ccccc35)n2)=CNC1. The monoisotopic (exact) mass is 628 g/mol. The van der Waals surface area contributed by atoms with Crippen LogP contribution in [-0.4, -0.2) is 21.5 Å². The van der Waals surface area contributed by atoms with Crippen molar-refractivity contribution < 1.29 is 4.42 Å². The molecule has 7 nitrogen and oxygen atoms in total. The van der Waals surface area contributed by atoms with Crippen LogP contribution in [0.2, 0.25) is 0 Å². The van der Waals surface area contributed by atoms with E-state index in [0.717, 1.165) is 88.5 Å². The van der Waals surface area contributed by atoms with Gasteiger partial charge >= 0.3 is 0 Å². The molecule has 0 amide bonds. The summed E-state index contributed by atoms with van der Waals surface area (Å²) < 4.78 is 6.43. The minimum Gasteiger partial charge on any atom is -0.456 e. The van der Waals surface area contributed by atoms with E-state index in [1.54, 1.807) is 12.4 Å². The first-order valence-corrected chi connectivity index (χ1v) is 15.8. The highest BCUT2D eigenvalue weighted by Gasteiger charge is 2.21. The van der Waals surface area contributed by atoms with Crippen molar-refractivity contribution in [3.63, 3.8) is 0 Å². The van der Waals surface area contributed by atoms with Gasteiger partial charge in [-0.3, -0.25) is 4.98 Å². The Bertz CT molecular complexity index is 2810. The third kappa shape index (κ3) is 4.69. The van der Waals surface area contributed by atoms with Crippen molar-refractivity contribution in [2.45, 2.75) is 0 Å². The average Bonchev–Trinajstić information content (AvgIpc) is 3.53. The van der Waals surface area contributed by atoms with Crippen molar-refractivity contribution in [3.8, 4) is 45.9 Å². The molecule has 1 aliphatic rings. The Hall–Kier alpha value is -7.09. The van der Waals surface area contributed by atoms with Gasteiger partial charge in [-0.05, 0) is 76.2 Å². The van der Waals surface area contributed by atoms with Gasteiger partial charge in [-0.1, -0.05) is 54.6 Å². The Balaban J connectivity index is 1.37. The quantitative estimate of drug-likeness (QED) is 0.193. The number of hydrogen-bond acceptors (Lipinski definition) is 7. The third-order valence-electron chi connectivity index (χ3n) is 9.01. The fraction of sp³-hybridized carbons (Fsp3) is 0.0238. The Labute approximate surface area is 280 Å². The number of nitrogens with one attached hydrogen (secondary N) is 1. The van der Waals surface area contributed by atoms with Crippen LogP contribution in [0.25, 0.3) is 82.8 Å². The summed E-state index contributed by atoms with van der Waals surface area (Å²) in [4.78, 5) is 14.6. The molecule has 4 aromatic carbocycles. The number of pyridine rings is 3. The second-order valence-corrected chi connectivity index (χ2v) is 11.9. The highest BCUT2D eigenvalue weighted by atomic mass is 16.3. The van der Waals surface area contributed by atoms with Crippen LogP contribution >= 0.6 is 0 Å². The number of benzene rings is 4. The lowest BCUT2D eigenvalue weighted by atomic mass is 9.87. The van der Waals surface area contributed by atoms with Crippen molar-refractivity contribution in [2.24, 2.45) is 0 Å². The molecule has 0 saturated carbocycles. The van der Waals surface area contributed by atoms with Gasteiger partial charge in [-0.25, -0.2) is 9.97 Å². The van der Waals surface area contributed by atoms with E-state index < -0.39 is 0 Å². The number of nitriles is 2. The first-order valence-electron chi connectivity index (χ1n) is 15.8. The molecular weight excluding hydrogens is 605 g/mol. The van der Waals surface area contributed by atoms with Crippen LogP contribution in [-0.2, 0) is 0 Å². The average molecular weight is 629 g/mol. The second-order valence-electron chi connectivity index (χ2n) is 11.9. The molecule has 228 valence electrons. The predicted octanol–water partition coefficient (Wildman–Crippen LogP) is 9.34. The Kier molecular flexibility index (Phi) is 6.50. The fourth-order valence-corrected chi connectivity index (χ4v) is 6.83. The molecule has 0 atom stereocenters. The number of fused-ring (bicyclic) bond motifs is 5. The van der Waals surface area contributed by atoms with E-state index in [9.17, 15) is 10.5 Å². The number of nitrogens with zero attached hydrogens (tertiary/aromatic N) is 5. The molecule has 0 fully saturated rings. The molecule has 0 bridgehead atoms. The fourth-order valence-electron chi connectivity index (χ4n) is 6.83. The number of aromatic nitrogens is 3. The van der Waals surface area contributed by atoms with Gasteiger partial charge in [0, 0.05) is 63.7 Å². The maximum atomic E-state index is 9.55. The number of para-hydroxylation sites is 1. The number of dihydropyridines is 1. The van der Waals surface area contributed by atoms with Gasteiger partial charge in [0.15, 0.2) is 0 Å². The molecule has 9 rings (SSSR count). The summed E-state index contributed by atoms with van der Waals surface area (Å²) in [5.41, 5.74) is 9.44. The van der Waals surface area contributed by atoms with Crippen molar-refractivity contribution >= 4 is 49.1 Å². The minimum atomic E-state index is 0.480. The molecule has 0 spiro atoms. The molecule has 1 N–H and O–H groups in total. The predicted molar refractivity (Wildman–Crippen MR) is 193 cm³/mol. The Morgan fingerprint density at radius 3 is 2.02 bits per heavy atom. The zero-order chi connectivity index (χ0) is 32.9. The molecule has 4 aromatic heterocycles. The van der Waals surface area contributed by atoms with Gasteiger partial charge in [-0.2, -0.15) is 10.5 Å². The summed E-state index contributed by atoms with van der Waals surface area (Å²) in [5, 5.41) is 28.4. The zero-order valence-corrected chi connectivity index (χ0v) is 26.0. The molecular formula is C42H24N6O. The van der Waals surface area contributed by atoms with Gasteiger partial charge in [0.25, 0.3) is 0 Å². The Morgan fingerprint density at radius 1 is 0.592 bits per heavy atom. The molecule has 0 unspecified atom stereocenters. The van der Waals surface area contributed by atoms with E-state index in [1.807, 2.05) is 85.1 Å². The topological polar surface area (TPSA) is 111 Å². The van der Waals surface area contributed by atoms with Crippen LogP contribution in [0.4, 0.5) is 0 Å². The van der Waals surface area contributed by atoms with Crippen molar-refractivity contribution in [2.75, 3.05) is 6.54 Å². The summed E-state index contributed by atoms with van der Waals surface area (Å²) in [6.07, 6.45) is 7.08. The summed E-state index contributed by atoms with van der Waals surface area (Å²) in [6, 6.07) is 39.0. The van der Waals surface area contributed by atoms with Gasteiger partial charge in [-0.15, -0.1) is 0 Å². The largest absolute Gasteiger partial charge is 0.456 e. The first kappa shape index (κ1) is 28.2. The number of furan rings is 1. The van der Waals surface area contributed by atoms with E-state index in [2.05, 4.69) is 52.8 Å². The normalized spacial score (nSPS) is 12.8. The highest BCUT2D eigenvalue weighted by Crippen LogP contribution is 2.45. The standard InChI is InChI=1S/C42H24N6O/c43-19-25-15-27(23-45-21-25)35-10-5-12-37(47-35)41-30-8-1-2-9-31(30)42(38-13-6-11-36(48-38)28-16-26(20-44)22-46-24-28)34-18-40-32(17-33(34)41)29-7-3-4-14-39(29)49-40/h1-18,21,23-24,46H,22H2. The second kappa shape index (κ2) is 11.3. The maximum absolute atomic E-state index is 9.55.